The molecule has 156 valence electrons. The number of nitro benzene ring substituents is 1. The van der Waals surface area contributed by atoms with Gasteiger partial charge in [-0.05, 0) is 30.5 Å². The molecule has 1 amide bonds. The summed E-state index contributed by atoms with van der Waals surface area (Å²) < 4.78 is 5.81. The number of nitrogens with one attached hydrogen (secondary N) is 1. The lowest BCUT2D eigenvalue weighted by Gasteiger charge is -2.11. The number of nitrogens with zero attached hydrogens (tertiary/aromatic N) is 8. The van der Waals surface area contributed by atoms with Crippen LogP contribution in [0.3, 0.4) is 0 Å². The van der Waals surface area contributed by atoms with E-state index in [-0.39, 0.29) is 34.6 Å². The summed E-state index contributed by atoms with van der Waals surface area (Å²) in [6.07, 6.45) is 1.23. The van der Waals surface area contributed by atoms with E-state index >= 15 is 0 Å². The highest BCUT2D eigenvalue weighted by Gasteiger charge is 2.24. The van der Waals surface area contributed by atoms with Gasteiger partial charge in [0.1, 0.15) is 5.02 Å². The second-order valence-corrected chi connectivity index (χ2v) is 6.58. The Bertz CT molecular complexity index is 1120. The normalized spacial score (nSPS) is 11.3. The van der Waals surface area contributed by atoms with E-state index in [0.717, 1.165) is 0 Å². The van der Waals surface area contributed by atoms with Crippen molar-refractivity contribution < 1.29 is 14.3 Å². The topological polar surface area (TPSA) is 183 Å². The largest absolute Gasteiger partial charge is 0.378 e. The first-order valence-corrected chi connectivity index (χ1v) is 8.60. The van der Waals surface area contributed by atoms with E-state index in [0.29, 0.717) is 11.3 Å². The van der Waals surface area contributed by atoms with E-state index in [4.69, 9.17) is 17.3 Å². The van der Waals surface area contributed by atoms with Crippen LogP contribution < -0.4 is 11.2 Å². The number of carbonyl (C=O) groups excluding carboxylic acids is 1. The van der Waals surface area contributed by atoms with Crippen LogP contribution in [-0.4, -0.2) is 61.3 Å². The highest BCUT2D eigenvalue weighted by atomic mass is 35.5. The summed E-state index contributed by atoms with van der Waals surface area (Å²) in [6.45, 7) is 0.273. The summed E-state index contributed by atoms with van der Waals surface area (Å²) in [6, 6.07) is 4.10. The predicted octanol–water partition coefficient (Wildman–Crippen LogP) is 0.620. The third-order valence-electron chi connectivity index (χ3n) is 3.69. The number of nitrogen functional groups attached to an aromatic ring is 1. The third-order valence-corrected chi connectivity index (χ3v) is 4.01. The van der Waals surface area contributed by atoms with E-state index in [1.54, 1.807) is 19.0 Å². The van der Waals surface area contributed by atoms with Crippen molar-refractivity contribution in [2.75, 3.05) is 19.8 Å². The average Bonchev–Trinajstić information content (AvgIpc) is 3.28. The Morgan fingerprint density at radius 1 is 1.47 bits per heavy atom. The van der Waals surface area contributed by atoms with E-state index < -0.39 is 10.8 Å². The number of benzene rings is 1. The van der Waals surface area contributed by atoms with Crippen molar-refractivity contribution in [2.24, 2.45) is 5.10 Å². The van der Waals surface area contributed by atoms with Gasteiger partial charge in [0, 0.05) is 18.2 Å². The van der Waals surface area contributed by atoms with Crippen molar-refractivity contribution in [1.82, 2.24) is 35.6 Å². The number of rotatable bonds is 7. The molecule has 3 N–H and O–H groups in total. The molecule has 15 heteroatoms. The zero-order chi connectivity index (χ0) is 21.8. The maximum atomic E-state index is 12.6. The Kier molecular flexibility index (Phi) is 5.98. The van der Waals surface area contributed by atoms with Gasteiger partial charge in [-0.2, -0.15) is 9.78 Å². The fourth-order valence-corrected chi connectivity index (χ4v) is 2.58. The van der Waals surface area contributed by atoms with Gasteiger partial charge in [0.05, 0.1) is 16.8 Å². The van der Waals surface area contributed by atoms with Gasteiger partial charge in [0.15, 0.2) is 5.69 Å². The maximum absolute atomic E-state index is 12.6. The molecule has 0 spiro atoms. The molecule has 0 aliphatic rings. The van der Waals surface area contributed by atoms with Gasteiger partial charge in [-0.25, -0.2) is 10.1 Å². The zero-order valence-corrected chi connectivity index (χ0v) is 16.4. The Morgan fingerprint density at radius 3 is 2.87 bits per heavy atom. The van der Waals surface area contributed by atoms with Gasteiger partial charge in [-0.3, -0.25) is 14.9 Å². The number of carbonyl (C=O) groups is 1. The van der Waals surface area contributed by atoms with Gasteiger partial charge < -0.3 is 10.6 Å². The molecule has 3 rings (SSSR count). The molecule has 0 aliphatic heterocycles. The van der Waals surface area contributed by atoms with Crippen molar-refractivity contribution in [3.8, 4) is 5.82 Å². The fraction of sp³-hybridized carbons (Fsp3) is 0.200. The number of hydrogen-bond donors (Lipinski definition) is 2. The molecule has 1 aromatic carbocycles. The molecular formula is C15H15ClN10O4. The van der Waals surface area contributed by atoms with E-state index in [1.165, 1.54) is 29.1 Å². The molecule has 2 aromatic heterocycles. The maximum Gasteiger partial charge on any atom is 0.293 e. The van der Waals surface area contributed by atoms with Crippen LogP contribution in [-0.2, 0) is 6.54 Å². The summed E-state index contributed by atoms with van der Waals surface area (Å²) >= 11 is 5.77. The third kappa shape index (κ3) is 4.39. The number of nitro groups is 1. The minimum absolute atomic E-state index is 0.00672. The summed E-state index contributed by atoms with van der Waals surface area (Å²) in [5.41, 5.74) is 8.43. The Balaban J connectivity index is 1.83. The van der Waals surface area contributed by atoms with Gasteiger partial charge >= 0.3 is 0 Å². The number of nitrogens with two attached hydrogens (primary N) is 1. The molecule has 0 saturated heterocycles. The molecule has 0 bridgehead atoms. The SMILES string of the molecule is CN(C)Cc1c(C(=O)N/N=C/c2ccc(Cl)c([N+](=O)[O-])c2)nnn1-c1nonc1N. The van der Waals surface area contributed by atoms with Gasteiger partial charge in [0.2, 0.25) is 11.6 Å². The number of aromatic nitrogens is 5. The molecule has 0 atom stereocenters. The number of amides is 1. The summed E-state index contributed by atoms with van der Waals surface area (Å²) in [4.78, 5) is 24.7. The number of hydrazone groups is 1. The van der Waals surface area contributed by atoms with Crippen molar-refractivity contribution in [2.45, 2.75) is 6.54 Å². The molecule has 2 heterocycles. The van der Waals surface area contributed by atoms with Crippen molar-refractivity contribution >= 4 is 35.2 Å². The van der Waals surface area contributed by atoms with Crippen LogP contribution in [0.4, 0.5) is 11.5 Å². The zero-order valence-electron chi connectivity index (χ0n) is 15.7. The molecule has 3 aromatic rings. The minimum atomic E-state index is -0.659. The van der Waals surface area contributed by atoms with Crippen molar-refractivity contribution in [3.05, 3.63) is 50.3 Å². The van der Waals surface area contributed by atoms with Gasteiger partial charge in [0.25, 0.3) is 11.6 Å². The lowest BCUT2D eigenvalue weighted by molar-refractivity contribution is -0.384. The highest BCUT2D eigenvalue weighted by molar-refractivity contribution is 6.32. The first-order chi connectivity index (χ1) is 14.3. The Morgan fingerprint density at radius 2 is 2.23 bits per heavy atom. The van der Waals surface area contributed by atoms with E-state index in [1.807, 2.05) is 0 Å². The fourth-order valence-electron chi connectivity index (χ4n) is 2.40. The van der Waals surface area contributed by atoms with Crippen LogP contribution in [0, 0.1) is 10.1 Å². The molecule has 30 heavy (non-hydrogen) atoms. The highest BCUT2D eigenvalue weighted by Crippen LogP contribution is 2.24. The summed E-state index contributed by atoms with van der Waals surface area (Å²) in [5.74, 6) is -0.586. The quantitative estimate of drug-likeness (QED) is 0.303. The first kappa shape index (κ1) is 20.8. The van der Waals surface area contributed by atoms with Crippen molar-refractivity contribution in [1.29, 1.82) is 0 Å². The van der Waals surface area contributed by atoms with E-state index in [2.05, 4.69) is 35.8 Å². The summed E-state index contributed by atoms with van der Waals surface area (Å²) in [5, 5.41) is 29.7. The van der Waals surface area contributed by atoms with Gasteiger partial charge in [-0.1, -0.05) is 22.9 Å². The molecule has 0 fully saturated rings. The second-order valence-electron chi connectivity index (χ2n) is 6.17. The standard InChI is InChI=1S/C15H15ClN10O4/c1-24(2)7-11-12(19-23-25(11)14-13(17)21-30-22-14)15(27)20-18-6-8-3-4-9(16)10(5-8)26(28)29/h3-6H,7H2,1-2H3,(H2,17,21)(H,20,27)/b18-6+. The molecule has 0 radical (unpaired) electrons. The minimum Gasteiger partial charge on any atom is -0.378 e. The molecular weight excluding hydrogens is 420 g/mol. The molecule has 0 unspecified atom stereocenters. The number of anilines is 1. The molecule has 0 aliphatic carbocycles. The van der Waals surface area contributed by atoms with Crippen LogP contribution in [0.2, 0.25) is 5.02 Å². The molecule has 14 nitrogen and oxygen atoms in total. The Hall–Kier alpha value is -3.91. The van der Waals surface area contributed by atoms with E-state index in [9.17, 15) is 14.9 Å². The Labute approximate surface area is 173 Å². The monoisotopic (exact) mass is 434 g/mol. The van der Waals surface area contributed by atoms with Crippen molar-refractivity contribution in [3.63, 3.8) is 0 Å². The van der Waals surface area contributed by atoms with Crippen LogP contribution in [0.15, 0.2) is 27.9 Å². The average molecular weight is 435 g/mol. The lowest BCUT2D eigenvalue weighted by Crippen LogP contribution is -2.23. The predicted molar refractivity (Wildman–Crippen MR) is 104 cm³/mol. The van der Waals surface area contributed by atoms with Gasteiger partial charge in [-0.15, -0.1) is 5.10 Å². The number of halogens is 1. The molecule has 0 saturated carbocycles. The number of hydrogen-bond acceptors (Lipinski definition) is 11. The summed E-state index contributed by atoms with van der Waals surface area (Å²) in [7, 11) is 3.57. The second kappa shape index (κ2) is 8.62. The lowest BCUT2D eigenvalue weighted by atomic mass is 10.2. The van der Waals surface area contributed by atoms with Crippen LogP contribution in [0.1, 0.15) is 21.7 Å². The van der Waals surface area contributed by atoms with Crippen LogP contribution in [0.5, 0.6) is 0 Å². The van der Waals surface area contributed by atoms with Crippen LogP contribution in [0.25, 0.3) is 5.82 Å². The first-order valence-electron chi connectivity index (χ1n) is 8.23. The smallest absolute Gasteiger partial charge is 0.293 e. The van der Waals surface area contributed by atoms with Crippen LogP contribution >= 0.6 is 11.6 Å².